The number of amides is 1. The van der Waals surface area contributed by atoms with Gasteiger partial charge in [0.25, 0.3) is 5.91 Å². The lowest BCUT2D eigenvalue weighted by atomic mass is 9.88. The van der Waals surface area contributed by atoms with Gasteiger partial charge in [0.2, 0.25) is 0 Å². The van der Waals surface area contributed by atoms with Crippen LogP contribution >= 0.6 is 23.2 Å². The molecule has 0 saturated carbocycles. The third kappa shape index (κ3) is 7.03. The van der Waals surface area contributed by atoms with Crippen molar-refractivity contribution in [2.75, 3.05) is 39.5 Å². The first-order valence-electron chi connectivity index (χ1n) is 15.0. The van der Waals surface area contributed by atoms with Crippen molar-refractivity contribution in [1.82, 2.24) is 9.80 Å². The fraction of sp³-hybridized carbons (Fsp3) is 0.333. The summed E-state index contributed by atoms with van der Waals surface area (Å²) < 4.78 is 12.3. The minimum Gasteiger partial charge on any atom is -0.341 e. The SMILES string of the molecule is Cc1c(C#N)cc2ccccc2c1C(=O)N(C)CC(CCN1CCC(c2ccccc2[S@](C)=O)CC1)c1ccc(Cl)c(Cl)c1. The lowest BCUT2D eigenvalue weighted by Crippen LogP contribution is -2.36. The molecule has 0 radical (unpaired) electrons. The van der Waals surface area contributed by atoms with Crippen LogP contribution in [0.5, 0.6) is 0 Å². The molecule has 228 valence electrons. The van der Waals surface area contributed by atoms with Gasteiger partial charge in [-0.25, -0.2) is 0 Å². The van der Waals surface area contributed by atoms with Crippen LogP contribution in [0.2, 0.25) is 10.0 Å². The highest BCUT2D eigenvalue weighted by molar-refractivity contribution is 7.84. The van der Waals surface area contributed by atoms with Crippen molar-refractivity contribution in [3.8, 4) is 6.07 Å². The molecule has 1 aliphatic heterocycles. The van der Waals surface area contributed by atoms with E-state index in [1.165, 1.54) is 5.56 Å². The molecule has 0 bridgehead atoms. The van der Waals surface area contributed by atoms with Crippen molar-refractivity contribution in [2.24, 2.45) is 0 Å². The highest BCUT2D eigenvalue weighted by Gasteiger charge is 2.26. The van der Waals surface area contributed by atoms with E-state index in [9.17, 15) is 14.3 Å². The Hall–Kier alpha value is -3.21. The maximum Gasteiger partial charge on any atom is 0.254 e. The predicted octanol–water partition coefficient (Wildman–Crippen LogP) is 8.19. The summed E-state index contributed by atoms with van der Waals surface area (Å²) in [5.41, 5.74) is 4.04. The van der Waals surface area contributed by atoms with Gasteiger partial charge >= 0.3 is 0 Å². The van der Waals surface area contributed by atoms with Gasteiger partial charge in [-0.05, 0) is 103 Å². The molecule has 4 aromatic carbocycles. The Labute approximate surface area is 272 Å². The molecule has 0 spiro atoms. The first-order chi connectivity index (χ1) is 21.2. The number of piperidine rings is 1. The zero-order chi connectivity index (χ0) is 31.4. The summed E-state index contributed by atoms with van der Waals surface area (Å²) in [7, 11) is 0.831. The predicted molar refractivity (Wildman–Crippen MR) is 181 cm³/mol. The Bertz CT molecular complexity index is 1740. The summed E-state index contributed by atoms with van der Waals surface area (Å²) in [6, 6.07) is 25.7. The number of nitriles is 1. The lowest BCUT2D eigenvalue weighted by molar-refractivity contribution is 0.0783. The summed E-state index contributed by atoms with van der Waals surface area (Å²) in [4.78, 5) is 19.2. The summed E-state index contributed by atoms with van der Waals surface area (Å²) in [5, 5.41) is 12.5. The van der Waals surface area contributed by atoms with Gasteiger partial charge in [-0.2, -0.15) is 5.26 Å². The number of halogens is 2. The van der Waals surface area contributed by atoms with Gasteiger partial charge in [0.05, 0.1) is 38.0 Å². The Kier molecular flexibility index (Phi) is 10.4. The van der Waals surface area contributed by atoms with Crippen LogP contribution < -0.4 is 0 Å². The van der Waals surface area contributed by atoms with E-state index in [0.29, 0.717) is 39.2 Å². The van der Waals surface area contributed by atoms with Gasteiger partial charge in [0.1, 0.15) is 0 Å². The number of carbonyl (C=O) groups is 1. The normalized spacial score (nSPS) is 15.5. The second-order valence-electron chi connectivity index (χ2n) is 11.7. The van der Waals surface area contributed by atoms with E-state index in [0.717, 1.165) is 60.1 Å². The highest BCUT2D eigenvalue weighted by atomic mass is 35.5. The van der Waals surface area contributed by atoms with Crippen LogP contribution in [0.1, 0.15) is 63.7 Å². The average molecular weight is 647 g/mol. The average Bonchev–Trinajstić information content (AvgIpc) is 3.04. The van der Waals surface area contributed by atoms with Gasteiger partial charge < -0.3 is 9.80 Å². The van der Waals surface area contributed by atoms with Crippen LogP contribution in [0.25, 0.3) is 10.8 Å². The lowest BCUT2D eigenvalue weighted by Gasteiger charge is -2.34. The van der Waals surface area contributed by atoms with Crippen molar-refractivity contribution in [3.63, 3.8) is 0 Å². The van der Waals surface area contributed by atoms with E-state index in [-0.39, 0.29) is 11.8 Å². The minimum absolute atomic E-state index is 0.0328. The van der Waals surface area contributed by atoms with Crippen LogP contribution in [-0.4, -0.2) is 59.4 Å². The quantitative estimate of drug-likeness (QED) is 0.184. The van der Waals surface area contributed by atoms with E-state index >= 15 is 0 Å². The number of nitrogens with zero attached hydrogens (tertiary/aromatic N) is 3. The molecule has 1 heterocycles. The van der Waals surface area contributed by atoms with Crippen molar-refractivity contribution in [2.45, 2.75) is 42.9 Å². The number of hydrogen-bond acceptors (Lipinski definition) is 4. The molecule has 0 N–H and O–H groups in total. The van der Waals surface area contributed by atoms with Crippen LogP contribution in [0, 0.1) is 18.3 Å². The highest BCUT2D eigenvalue weighted by Crippen LogP contribution is 2.34. The fourth-order valence-electron chi connectivity index (χ4n) is 6.46. The van der Waals surface area contributed by atoms with Gasteiger partial charge in [-0.15, -0.1) is 0 Å². The maximum atomic E-state index is 14.0. The molecule has 1 unspecified atom stereocenters. The van der Waals surface area contributed by atoms with Crippen molar-refractivity contribution < 1.29 is 9.00 Å². The number of benzene rings is 4. The molecule has 5 nitrogen and oxygen atoms in total. The monoisotopic (exact) mass is 645 g/mol. The first-order valence-corrected chi connectivity index (χ1v) is 17.3. The topological polar surface area (TPSA) is 64.4 Å². The number of fused-ring (bicyclic) bond motifs is 1. The van der Waals surface area contributed by atoms with Gasteiger partial charge in [0.15, 0.2) is 0 Å². The Morgan fingerprint density at radius 1 is 1.05 bits per heavy atom. The first kappa shape index (κ1) is 32.2. The number of carbonyl (C=O) groups excluding carboxylic acids is 1. The Morgan fingerprint density at radius 2 is 1.75 bits per heavy atom. The zero-order valence-electron chi connectivity index (χ0n) is 25.4. The third-order valence-corrected chi connectivity index (χ3v) is 10.7. The van der Waals surface area contributed by atoms with E-state index in [4.69, 9.17) is 23.2 Å². The van der Waals surface area contributed by atoms with Crippen molar-refractivity contribution in [1.29, 1.82) is 5.26 Å². The summed E-state index contributed by atoms with van der Waals surface area (Å²) in [6.45, 7) is 5.15. The molecule has 0 aliphatic carbocycles. The summed E-state index contributed by atoms with van der Waals surface area (Å²) >= 11 is 12.7. The Balaban J connectivity index is 1.33. The maximum absolute atomic E-state index is 14.0. The van der Waals surface area contributed by atoms with Crippen LogP contribution in [-0.2, 0) is 10.8 Å². The molecule has 1 saturated heterocycles. The van der Waals surface area contributed by atoms with Crippen molar-refractivity contribution >= 4 is 50.7 Å². The number of hydrogen-bond donors (Lipinski definition) is 0. The largest absolute Gasteiger partial charge is 0.341 e. The van der Waals surface area contributed by atoms with Gasteiger partial charge in [-0.1, -0.05) is 71.7 Å². The van der Waals surface area contributed by atoms with E-state index in [2.05, 4.69) is 17.0 Å². The number of rotatable bonds is 9. The van der Waals surface area contributed by atoms with E-state index < -0.39 is 10.8 Å². The summed E-state index contributed by atoms with van der Waals surface area (Å²) in [6.07, 6.45) is 4.63. The third-order valence-electron chi connectivity index (χ3n) is 8.95. The number of likely N-dealkylation sites (tertiary alicyclic amines) is 1. The second-order valence-corrected chi connectivity index (χ2v) is 13.9. The molecular formula is C36H37Cl2N3O2S. The zero-order valence-corrected chi connectivity index (χ0v) is 27.7. The Morgan fingerprint density at radius 3 is 2.45 bits per heavy atom. The molecule has 1 amide bonds. The molecule has 1 aliphatic rings. The fourth-order valence-corrected chi connectivity index (χ4v) is 7.61. The van der Waals surface area contributed by atoms with Crippen LogP contribution in [0.4, 0.5) is 0 Å². The minimum atomic E-state index is -1.00. The summed E-state index contributed by atoms with van der Waals surface area (Å²) in [5.74, 6) is 0.335. The van der Waals surface area contributed by atoms with E-state index in [1.807, 2.05) is 80.7 Å². The van der Waals surface area contributed by atoms with Crippen molar-refractivity contribution in [3.05, 3.63) is 111 Å². The molecule has 4 aromatic rings. The molecule has 8 heteroatoms. The molecule has 1 fully saturated rings. The molecule has 0 aromatic heterocycles. The number of likely N-dealkylation sites (N-methyl/N-ethyl adjacent to an activating group) is 1. The van der Waals surface area contributed by atoms with Gasteiger partial charge in [0, 0.05) is 30.7 Å². The molecular weight excluding hydrogens is 609 g/mol. The van der Waals surface area contributed by atoms with Crippen LogP contribution in [0.3, 0.4) is 0 Å². The molecule has 2 atom stereocenters. The van der Waals surface area contributed by atoms with Gasteiger partial charge in [-0.3, -0.25) is 9.00 Å². The standard InChI is InChI=1S/C36H37Cl2N3O2S/c1-24-29(22-39)20-27-8-4-5-10-31(27)35(24)36(42)40(2)23-28(26-12-13-32(37)33(38)21-26)16-19-41-17-14-25(15-18-41)30-9-6-7-11-34(30)44(3)43/h4-13,20-21,25,28H,14-19,23H2,1-3H3/t28?,44-/m0/s1. The molecule has 44 heavy (non-hydrogen) atoms. The van der Waals surface area contributed by atoms with E-state index in [1.54, 1.807) is 11.2 Å². The second kappa shape index (κ2) is 14.3. The van der Waals surface area contributed by atoms with Crippen LogP contribution in [0.15, 0.2) is 77.7 Å². The molecule has 5 rings (SSSR count). The smallest absolute Gasteiger partial charge is 0.254 e.